The van der Waals surface area contributed by atoms with E-state index in [9.17, 15) is 0 Å². The molecule has 2 N–H and O–H groups in total. The highest BCUT2D eigenvalue weighted by atomic mass is 15.3. The molecule has 1 spiro atoms. The fraction of sp³-hybridized carbons (Fsp3) is 1.00. The molecule has 82 valence electrons. The van der Waals surface area contributed by atoms with Gasteiger partial charge in [-0.25, -0.2) is 0 Å². The molecule has 3 heteroatoms. The molecule has 0 saturated carbocycles. The molecular formula is C11H23N3. The van der Waals surface area contributed by atoms with Crippen molar-refractivity contribution in [3.8, 4) is 0 Å². The van der Waals surface area contributed by atoms with E-state index in [0.717, 1.165) is 13.0 Å². The van der Waals surface area contributed by atoms with Gasteiger partial charge in [0.1, 0.15) is 0 Å². The van der Waals surface area contributed by atoms with Crippen LogP contribution in [-0.2, 0) is 0 Å². The van der Waals surface area contributed by atoms with Crippen LogP contribution in [0.5, 0.6) is 0 Å². The molecule has 0 aromatic carbocycles. The average molecular weight is 197 g/mol. The molecule has 2 heterocycles. The topological polar surface area (TPSA) is 32.5 Å². The lowest BCUT2D eigenvalue weighted by Crippen LogP contribution is -2.55. The summed E-state index contributed by atoms with van der Waals surface area (Å²) >= 11 is 0. The molecule has 2 saturated heterocycles. The number of hydrogen-bond donors (Lipinski definition) is 1. The van der Waals surface area contributed by atoms with Gasteiger partial charge in [0.05, 0.1) is 0 Å². The van der Waals surface area contributed by atoms with Gasteiger partial charge in [-0.1, -0.05) is 0 Å². The van der Waals surface area contributed by atoms with Crippen molar-refractivity contribution in [2.45, 2.75) is 25.8 Å². The van der Waals surface area contributed by atoms with Gasteiger partial charge in [0.15, 0.2) is 0 Å². The van der Waals surface area contributed by atoms with Crippen molar-refractivity contribution in [3.63, 3.8) is 0 Å². The lowest BCUT2D eigenvalue weighted by Gasteiger charge is -2.46. The summed E-state index contributed by atoms with van der Waals surface area (Å²) in [6, 6.07) is 0.685. The average Bonchev–Trinajstić information content (AvgIpc) is 2.49. The molecule has 2 rings (SSSR count). The maximum Gasteiger partial charge on any atom is 0.00968 e. The molecule has 1 atom stereocenters. The Morgan fingerprint density at radius 1 is 1.36 bits per heavy atom. The van der Waals surface area contributed by atoms with E-state index in [2.05, 4.69) is 23.8 Å². The van der Waals surface area contributed by atoms with Crippen LogP contribution in [0, 0.1) is 5.41 Å². The van der Waals surface area contributed by atoms with Gasteiger partial charge in [0.25, 0.3) is 0 Å². The summed E-state index contributed by atoms with van der Waals surface area (Å²) in [5.41, 5.74) is 6.25. The molecule has 0 aliphatic carbocycles. The SMILES string of the molecule is CC(CCN)N1CCC2(CN(C)C2)C1. The Kier molecular flexibility index (Phi) is 2.82. The summed E-state index contributed by atoms with van der Waals surface area (Å²) in [6.45, 7) is 8.34. The standard InChI is InChI=1S/C11H23N3/c1-10(3-5-12)14-6-4-11(9-14)7-13(2)8-11/h10H,3-9,12H2,1-2H3. The van der Waals surface area contributed by atoms with Crippen LogP contribution in [0.15, 0.2) is 0 Å². The lowest BCUT2D eigenvalue weighted by molar-refractivity contribution is 0.0269. The molecule has 0 bridgehead atoms. The molecule has 2 fully saturated rings. The minimum atomic E-state index is 0.650. The largest absolute Gasteiger partial charge is 0.330 e. The van der Waals surface area contributed by atoms with Crippen molar-refractivity contribution < 1.29 is 0 Å². The zero-order chi connectivity index (χ0) is 10.2. The summed E-state index contributed by atoms with van der Waals surface area (Å²) in [5.74, 6) is 0. The summed E-state index contributed by atoms with van der Waals surface area (Å²) in [6.07, 6.45) is 2.54. The number of nitrogens with zero attached hydrogens (tertiary/aromatic N) is 2. The van der Waals surface area contributed by atoms with Gasteiger partial charge in [-0.05, 0) is 39.9 Å². The van der Waals surface area contributed by atoms with Crippen LogP contribution in [0.3, 0.4) is 0 Å². The third-order valence-corrected chi connectivity index (χ3v) is 3.89. The molecule has 1 unspecified atom stereocenters. The minimum absolute atomic E-state index is 0.650. The lowest BCUT2D eigenvalue weighted by atomic mass is 9.79. The van der Waals surface area contributed by atoms with E-state index in [0.29, 0.717) is 11.5 Å². The molecule has 0 radical (unpaired) electrons. The fourth-order valence-corrected chi connectivity index (χ4v) is 3.13. The van der Waals surface area contributed by atoms with Gasteiger partial charge < -0.3 is 10.6 Å². The second-order valence-corrected chi connectivity index (χ2v) is 5.32. The van der Waals surface area contributed by atoms with E-state index >= 15 is 0 Å². The molecule has 2 aliphatic heterocycles. The van der Waals surface area contributed by atoms with Crippen molar-refractivity contribution in [2.24, 2.45) is 11.1 Å². The van der Waals surface area contributed by atoms with Gasteiger partial charge in [0.2, 0.25) is 0 Å². The third kappa shape index (κ3) is 1.81. The maximum atomic E-state index is 5.60. The third-order valence-electron chi connectivity index (χ3n) is 3.89. The predicted molar refractivity (Wildman–Crippen MR) is 59.3 cm³/mol. The van der Waals surface area contributed by atoms with E-state index in [1.165, 1.54) is 32.6 Å². The van der Waals surface area contributed by atoms with Gasteiger partial charge in [-0.2, -0.15) is 0 Å². The van der Waals surface area contributed by atoms with Crippen molar-refractivity contribution >= 4 is 0 Å². The summed E-state index contributed by atoms with van der Waals surface area (Å²) in [5, 5.41) is 0. The first-order valence-corrected chi connectivity index (χ1v) is 5.78. The zero-order valence-electron chi connectivity index (χ0n) is 9.50. The molecule has 0 aromatic heterocycles. The number of nitrogens with two attached hydrogens (primary N) is 1. The predicted octanol–water partition coefficient (Wildman–Crippen LogP) is 0.361. The molecule has 14 heavy (non-hydrogen) atoms. The normalized spacial score (nSPS) is 29.4. The van der Waals surface area contributed by atoms with Crippen molar-refractivity contribution in [1.82, 2.24) is 9.80 Å². The smallest absolute Gasteiger partial charge is 0.00968 e. The van der Waals surface area contributed by atoms with E-state index in [-0.39, 0.29) is 0 Å². The first kappa shape index (κ1) is 10.4. The Morgan fingerprint density at radius 3 is 2.64 bits per heavy atom. The van der Waals surface area contributed by atoms with Gasteiger partial charge >= 0.3 is 0 Å². The van der Waals surface area contributed by atoms with Gasteiger partial charge in [-0.3, -0.25) is 4.90 Å². The highest BCUT2D eigenvalue weighted by Crippen LogP contribution is 2.39. The van der Waals surface area contributed by atoms with E-state index in [1.807, 2.05) is 0 Å². The van der Waals surface area contributed by atoms with Crippen molar-refractivity contribution in [3.05, 3.63) is 0 Å². The van der Waals surface area contributed by atoms with Crippen molar-refractivity contribution in [2.75, 3.05) is 39.8 Å². The van der Waals surface area contributed by atoms with Gasteiger partial charge in [0, 0.05) is 31.1 Å². The fourth-order valence-electron chi connectivity index (χ4n) is 3.13. The van der Waals surface area contributed by atoms with Crippen LogP contribution in [-0.4, -0.2) is 55.6 Å². The Bertz CT molecular complexity index is 199. The van der Waals surface area contributed by atoms with Crippen LogP contribution in [0.1, 0.15) is 19.8 Å². The Hall–Kier alpha value is -0.120. The van der Waals surface area contributed by atoms with E-state index in [1.54, 1.807) is 0 Å². The van der Waals surface area contributed by atoms with E-state index in [4.69, 9.17) is 5.73 Å². The maximum absolute atomic E-state index is 5.60. The van der Waals surface area contributed by atoms with Crippen LogP contribution in [0.25, 0.3) is 0 Å². The van der Waals surface area contributed by atoms with Crippen LogP contribution < -0.4 is 5.73 Å². The number of likely N-dealkylation sites (tertiary alicyclic amines) is 2. The highest BCUT2D eigenvalue weighted by Gasteiger charge is 2.46. The molecule has 0 amide bonds. The monoisotopic (exact) mass is 197 g/mol. The second kappa shape index (κ2) is 3.80. The van der Waals surface area contributed by atoms with Crippen LogP contribution >= 0.6 is 0 Å². The summed E-state index contributed by atoms with van der Waals surface area (Å²) in [7, 11) is 2.22. The number of hydrogen-bond acceptors (Lipinski definition) is 3. The zero-order valence-corrected chi connectivity index (χ0v) is 9.50. The first-order valence-electron chi connectivity index (χ1n) is 5.78. The Morgan fingerprint density at radius 2 is 2.07 bits per heavy atom. The summed E-state index contributed by atoms with van der Waals surface area (Å²) < 4.78 is 0. The first-order chi connectivity index (χ1) is 6.65. The highest BCUT2D eigenvalue weighted by molar-refractivity contribution is 5.00. The molecule has 2 aliphatic rings. The van der Waals surface area contributed by atoms with E-state index < -0.39 is 0 Å². The molecule has 0 aromatic rings. The molecule has 3 nitrogen and oxygen atoms in total. The second-order valence-electron chi connectivity index (χ2n) is 5.32. The Labute approximate surface area is 87.2 Å². The van der Waals surface area contributed by atoms with Crippen LogP contribution in [0.2, 0.25) is 0 Å². The quantitative estimate of drug-likeness (QED) is 0.709. The molecular weight excluding hydrogens is 174 g/mol. The van der Waals surface area contributed by atoms with Crippen LogP contribution in [0.4, 0.5) is 0 Å². The van der Waals surface area contributed by atoms with Gasteiger partial charge in [-0.15, -0.1) is 0 Å². The Balaban J connectivity index is 1.83. The van der Waals surface area contributed by atoms with Crippen molar-refractivity contribution in [1.29, 1.82) is 0 Å². The minimum Gasteiger partial charge on any atom is -0.330 e. The summed E-state index contributed by atoms with van der Waals surface area (Å²) in [4.78, 5) is 5.05. The number of rotatable bonds is 3.